The number of anilines is 1. The summed E-state index contributed by atoms with van der Waals surface area (Å²) in [5.41, 5.74) is 7.02. The smallest absolute Gasteiger partial charge is 0.240 e. The van der Waals surface area contributed by atoms with E-state index >= 15 is 0 Å². The van der Waals surface area contributed by atoms with Crippen LogP contribution in [0.1, 0.15) is 0 Å². The van der Waals surface area contributed by atoms with Gasteiger partial charge in [0.05, 0.1) is 11.4 Å². The zero-order valence-corrected chi connectivity index (χ0v) is 20.1. The molecule has 164 valence electrons. The maximum Gasteiger partial charge on any atom is 0.240 e. The van der Waals surface area contributed by atoms with Crippen molar-refractivity contribution in [2.24, 2.45) is 10.7 Å². The molecule has 0 radical (unpaired) electrons. The Hall–Kier alpha value is -1.63. The van der Waals surface area contributed by atoms with E-state index < -0.39 is 10.0 Å². The lowest BCUT2D eigenvalue weighted by Gasteiger charge is -2.36. The molecule has 3 N–H and O–H groups in total. The maximum atomic E-state index is 13.0. The normalized spacial score (nSPS) is 15.1. The van der Waals surface area contributed by atoms with Crippen molar-refractivity contribution in [3.63, 3.8) is 0 Å². The molecular formula is C19H24ClFIN5O2S. The molecule has 0 amide bonds. The molecule has 0 aliphatic carbocycles. The molecule has 7 nitrogen and oxygen atoms in total. The number of hydrogen-bond acceptors (Lipinski definition) is 4. The average molecular weight is 568 g/mol. The van der Waals surface area contributed by atoms with Crippen LogP contribution in [-0.2, 0) is 10.0 Å². The van der Waals surface area contributed by atoms with Gasteiger partial charge >= 0.3 is 0 Å². The van der Waals surface area contributed by atoms with E-state index in [1.165, 1.54) is 24.3 Å². The van der Waals surface area contributed by atoms with Gasteiger partial charge in [0, 0.05) is 43.4 Å². The lowest BCUT2D eigenvalue weighted by molar-refractivity contribution is 0.381. The van der Waals surface area contributed by atoms with Gasteiger partial charge in [-0.15, -0.1) is 24.0 Å². The van der Waals surface area contributed by atoms with Crippen molar-refractivity contribution in [2.45, 2.75) is 4.90 Å². The van der Waals surface area contributed by atoms with Crippen LogP contribution in [0.4, 0.5) is 10.1 Å². The van der Waals surface area contributed by atoms with Crippen LogP contribution in [0.15, 0.2) is 58.4 Å². The van der Waals surface area contributed by atoms with Gasteiger partial charge in [0.15, 0.2) is 5.96 Å². The van der Waals surface area contributed by atoms with E-state index in [9.17, 15) is 12.8 Å². The van der Waals surface area contributed by atoms with Crippen molar-refractivity contribution in [1.29, 1.82) is 0 Å². The molecule has 1 fully saturated rings. The van der Waals surface area contributed by atoms with E-state index in [-0.39, 0.29) is 47.8 Å². The highest BCUT2D eigenvalue weighted by molar-refractivity contribution is 14.0. The van der Waals surface area contributed by atoms with Crippen LogP contribution in [0.25, 0.3) is 0 Å². The number of piperazine rings is 1. The number of rotatable bonds is 6. The molecule has 0 atom stereocenters. The van der Waals surface area contributed by atoms with Crippen LogP contribution >= 0.6 is 35.6 Å². The highest BCUT2D eigenvalue weighted by Gasteiger charge is 2.19. The first-order valence-corrected chi connectivity index (χ1v) is 11.0. The summed E-state index contributed by atoms with van der Waals surface area (Å²) in [6.45, 7) is 3.20. The van der Waals surface area contributed by atoms with E-state index in [1.807, 2.05) is 4.90 Å². The third kappa shape index (κ3) is 6.69. The topological polar surface area (TPSA) is 91.0 Å². The van der Waals surface area contributed by atoms with Crippen molar-refractivity contribution in [1.82, 2.24) is 9.62 Å². The third-order valence-electron chi connectivity index (χ3n) is 4.58. The molecule has 11 heteroatoms. The summed E-state index contributed by atoms with van der Waals surface area (Å²) in [5, 5.41) is 0.356. The Morgan fingerprint density at radius 3 is 2.43 bits per heavy atom. The Morgan fingerprint density at radius 1 is 1.13 bits per heavy atom. The Labute approximate surface area is 198 Å². The number of benzene rings is 2. The van der Waals surface area contributed by atoms with Crippen molar-refractivity contribution in [2.75, 3.05) is 44.2 Å². The summed E-state index contributed by atoms with van der Waals surface area (Å²) in [7, 11) is -3.64. The Morgan fingerprint density at radius 2 is 1.80 bits per heavy atom. The molecule has 1 aliphatic heterocycles. The Balaban J connectivity index is 0.00000320. The SMILES string of the molecule is I.NC(=NCCNS(=O)(=O)c1cccc(Cl)c1)N1CCN(c2ccc(F)cc2)CC1. The van der Waals surface area contributed by atoms with Gasteiger partial charge in [0.25, 0.3) is 0 Å². The third-order valence-corrected chi connectivity index (χ3v) is 6.27. The van der Waals surface area contributed by atoms with Gasteiger partial charge in [-0.2, -0.15) is 0 Å². The fraction of sp³-hybridized carbons (Fsp3) is 0.316. The van der Waals surface area contributed by atoms with E-state index in [0.717, 1.165) is 18.8 Å². The molecule has 30 heavy (non-hydrogen) atoms. The first kappa shape index (κ1) is 24.6. The molecule has 2 aromatic rings. The fourth-order valence-electron chi connectivity index (χ4n) is 3.01. The van der Waals surface area contributed by atoms with Crippen LogP contribution in [0, 0.1) is 5.82 Å². The summed E-state index contributed by atoms with van der Waals surface area (Å²) < 4.78 is 40.0. The highest BCUT2D eigenvalue weighted by Crippen LogP contribution is 2.17. The highest BCUT2D eigenvalue weighted by atomic mass is 127. The number of guanidine groups is 1. The molecule has 3 rings (SSSR count). The summed E-state index contributed by atoms with van der Waals surface area (Å²) >= 11 is 5.84. The summed E-state index contributed by atoms with van der Waals surface area (Å²) in [6.07, 6.45) is 0. The van der Waals surface area contributed by atoms with Crippen LogP contribution in [0.5, 0.6) is 0 Å². The quantitative estimate of drug-likeness (QED) is 0.242. The number of nitrogens with one attached hydrogen (secondary N) is 1. The number of aliphatic imine (C=N–C) groups is 1. The molecule has 0 bridgehead atoms. The van der Waals surface area contributed by atoms with Gasteiger partial charge < -0.3 is 15.5 Å². The largest absolute Gasteiger partial charge is 0.370 e. The predicted octanol–water partition coefficient (Wildman–Crippen LogP) is 2.51. The molecule has 0 spiro atoms. The molecule has 0 aromatic heterocycles. The monoisotopic (exact) mass is 567 g/mol. The summed E-state index contributed by atoms with van der Waals surface area (Å²) in [4.78, 5) is 8.49. The second-order valence-corrected chi connectivity index (χ2v) is 8.75. The van der Waals surface area contributed by atoms with Gasteiger partial charge in [-0.3, -0.25) is 4.99 Å². The second-order valence-electron chi connectivity index (χ2n) is 6.55. The maximum absolute atomic E-state index is 13.0. The van der Waals surface area contributed by atoms with Crippen LogP contribution in [-0.4, -0.2) is 58.5 Å². The number of nitrogens with two attached hydrogens (primary N) is 1. The minimum absolute atomic E-state index is 0. The number of nitrogens with zero attached hydrogens (tertiary/aromatic N) is 3. The van der Waals surface area contributed by atoms with Crippen molar-refractivity contribution in [3.8, 4) is 0 Å². The minimum Gasteiger partial charge on any atom is -0.370 e. The fourth-order valence-corrected chi connectivity index (χ4v) is 4.34. The zero-order valence-electron chi connectivity index (χ0n) is 16.2. The molecule has 1 aliphatic rings. The molecule has 0 unspecified atom stereocenters. The number of hydrogen-bond donors (Lipinski definition) is 2. The molecule has 1 heterocycles. The van der Waals surface area contributed by atoms with E-state index in [0.29, 0.717) is 24.1 Å². The summed E-state index contributed by atoms with van der Waals surface area (Å²) in [5.74, 6) is 0.125. The minimum atomic E-state index is -3.64. The molecule has 0 saturated carbocycles. The van der Waals surface area contributed by atoms with Gasteiger partial charge in [-0.1, -0.05) is 17.7 Å². The second kappa shape index (κ2) is 11.1. The first-order valence-electron chi connectivity index (χ1n) is 9.16. The first-order chi connectivity index (χ1) is 13.8. The van der Waals surface area contributed by atoms with E-state index in [1.54, 1.807) is 24.3 Å². The van der Waals surface area contributed by atoms with Crippen LogP contribution < -0.4 is 15.4 Å². The van der Waals surface area contributed by atoms with E-state index in [2.05, 4.69) is 14.6 Å². The lowest BCUT2D eigenvalue weighted by atomic mass is 10.2. The molecule has 1 saturated heterocycles. The standard InChI is InChI=1S/C19H23ClFN5O2S.HI/c20-15-2-1-3-18(14-15)29(27,28)24-9-8-23-19(22)26-12-10-25(11-13-26)17-6-4-16(21)5-7-17;/h1-7,14,24H,8-13H2,(H2,22,23);1H. The Kier molecular flexibility index (Phi) is 9.13. The van der Waals surface area contributed by atoms with Crippen molar-refractivity contribution < 1.29 is 12.8 Å². The lowest BCUT2D eigenvalue weighted by Crippen LogP contribution is -2.51. The van der Waals surface area contributed by atoms with Gasteiger partial charge in [-0.25, -0.2) is 17.5 Å². The average Bonchev–Trinajstić information content (AvgIpc) is 2.72. The molecule has 2 aromatic carbocycles. The zero-order chi connectivity index (χ0) is 20.9. The van der Waals surface area contributed by atoms with Crippen LogP contribution in [0.2, 0.25) is 5.02 Å². The van der Waals surface area contributed by atoms with E-state index in [4.69, 9.17) is 17.3 Å². The van der Waals surface area contributed by atoms with Gasteiger partial charge in [0.1, 0.15) is 5.82 Å². The number of sulfonamides is 1. The number of halogens is 3. The van der Waals surface area contributed by atoms with Crippen LogP contribution in [0.3, 0.4) is 0 Å². The molecular weight excluding hydrogens is 544 g/mol. The summed E-state index contributed by atoms with van der Waals surface area (Å²) in [6, 6.07) is 12.5. The van der Waals surface area contributed by atoms with Crippen molar-refractivity contribution >= 4 is 57.2 Å². The van der Waals surface area contributed by atoms with Crippen molar-refractivity contribution in [3.05, 3.63) is 59.4 Å². The predicted molar refractivity (Wildman–Crippen MR) is 129 cm³/mol. The van der Waals surface area contributed by atoms with Gasteiger partial charge in [0.2, 0.25) is 10.0 Å². The van der Waals surface area contributed by atoms with Gasteiger partial charge in [-0.05, 0) is 42.5 Å². The Bertz CT molecular complexity index is 967.